The Kier molecular flexibility index (Phi) is 4.74. The van der Waals surface area contributed by atoms with Crippen LogP contribution in [0.1, 0.15) is 36.3 Å². The second-order valence-electron chi connectivity index (χ2n) is 4.24. The van der Waals surface area contributed by atoms with Crippen molar-refractivity contribution in [3.63, 3.8) is 0 Å². The van der Waals surface area contributed by atoms with Crippen molar-refractivity contribution in [2.24, 2.45) is 5.92 Å². The number of carbonyl (C=O) groups is 1. The van der Waals surface area contributed by atoms with Crippen molar-refractivity contribution in [1.29, 1.82) is 0 Å². The smallest absolute Gasteiger partial charge is 0.254 e. The first-order valence-corrected chi connectivity index (χ1v) is 5.79. The van der Waals surface area contributed by atoms with Gasteiger partial charge in [-0.1, -0.05) is 25.4 Å². The van der Waals surface area contributed by atoms with E-state index in [1.165, 1.54) is 6.20 Å². The zero-order valence-electron chi connectivity index (χ0n) is 9.88. The summed E-state index contributed by atoms with van der Waals surface area (Å²) >= 11 is 5.97. The van der Waals surface area contributed by atoms with E-state index in [0.29, 0.717) is 23.0 Å². The second-order valence-corrected chi connectivity index (χ2v) is 4.65. The molecule has 0 aliphatic carbocycles. The quantitative estimate of drug-likeness (QED) is 0.880. The number of nitrogens with one attached hydrogen (secondary N) is 1. The van der Waals surface area contributed by atoms with Crippen LogP contribution >= 0.6 is 11.6 Å². The molecule has 0 spiro atoms. The molecule has 0 unspecified atom stereocenters. The molecule has 0 saturated carbocycles. The van der Waals surface area contributed by atoms with Crippen LogP contribution in [-0.2, 0) is 0 Å². The number of halogens is 1. The van der Waals surface area contributed by atoms with Crippen LogP contribution in [0.4, 0.5) is 0 Å². The fourth-order valence-electron chi connectivity index (χ4n) is 1.26. The molecule has 0 fully saturated rings. The molecule has 0 aromatic carbocycles. The monoisotopic (exact) mass is 240 g/mol. The Morgan fingerprint density at radius 2 is 2.25 bits per heavy atom. The summed E-state index contributed by atoms with van der Waals surface area (Å²) in [5.74, 6) is 0.421. The van der Waals surface area contributed by atoms with Gasteiger partial charge < -0.3 is 5.32 Å². The van der Waals surface area contributed by atoms with Gasteiger partial charge in [0.05, 0.1) is 10.6 Å². The van der Waals surface area contributed by atoms with Crippen LogP contribution in [0.25, 0.3) is 0 Å². The van der Waals surface area contributed by atoms with E-state index in [2.05, 4.69) is 24.1 Å². The summed E-state index contributed by atoms with van der Waals surface area (Å²) in [7, 11) is 0. The molecule has 0 bridgehead atoms. The zero-order chi connectivity index (χ0) is 12.1. The maximum atomic E-state index is 11.7. The van der Waals surface area contributed by atoms with E-state index in [-0.39, 0.29) is 5.91 Å². The molecular weight excluding hydrogens is 224 g/mol. The van der Waals surface area contributed by atoms with Gasteiger partial charge >= 0.3 is 0 Å². The lowest BCUT2D eigenvalue weighted by Crippen LogP contribution is -2.25. The Morgan fingerprint density at radius 3 is 2.81 bits per heavy atom. The lowest BCUT2D eigenvalue weighted by atomic mass is 10.1. The highest BCUT2D eigenvalue weighted by molar-refractivity contribution is 6.33. The summed E-state index contributed by atoms with van der Waals surface area (Å²) in [4.78, 5) is 15.8. The van der Waals surface area contributed by atoms with Crippen LogP contribution in [0, 0.1) is 12.8 Å². The molecule has 1 rings (SSSR count). The molecule has 1 heterocycles. The molecule has 4 heteroatoms. The number of hydrogen-bond acceptors (Lipinski definition) is 2. The van der Waals surface area contributed by atoms with Crippen LogP contribution < -0.4 is 5.32 Å². The van der Waals surface area contributed by atoms with Gasteiger partial charge in [-0.2, -0.15) is 0 Å². The largest absolute Gasteiger partial charge is 0.352 e. The molecule has 0 aliphatic heterocycles. The topological polar surface area (TPSA) is 42.0 Å². The Morgan fingerprint density at radius 1 is 1.56 bits per heavy atom. The number of hydrogen-bond donors (Lipinski definition) is 1. The molecule has 88 valence electrons. The number of aryl methyl sites for hydroxylation is 1. The first-order valence-electron chi connectivity index (χ1n) is 5.41. The van der Waals surface area contributed by atoms with Crippen LogP contribution in [0.15, 0.2) is 12.3 Å². The van der Waals surface area contributed by atoms with Crippen molar-refractivity contribution in [3.8, 4) is 0 Å². The van der Waals surface area contributed by atoms with Gasteiger partial charge in [0.25, 0.3) is 5.91 Å². The second kappa shape index (κ2) is 5.85. The Balaban J connectivity index is 2.59. The average Bonchev–Trinajstić information content (AvgIpc) is 2.16. The van der Waals surface area contributed by atoms with Crippen molar-refractivity contribution in [2.75, 3.05) is 6.54 Å². The molecule has 16 heavy (non-hydrogen) atoms. The molecule has 0 atom stereocenters. The fraction of sp³-hybridized carbons (Fsp3) is 0.500. The van der Waals surface area contributed by atoms with E-state index in [0.717, 1.165) is 12.1 Å². The SMILES string of the molecule is Cc1cc(Cl)c(C(=O)NCCC(C)C)cn1. The van der Waals surface area contributed by atoms with E-state index in [1.54, 1.807) is 6.07 Å². The highest BCUT2D eigenvalue weighted by Crippen LogP contribution is 2.15. The Hall–Kier alpha value is -1.09. The van der Waals surface area contributed by atoms with Gasteiger partial charge in [0.1, 0.15) is 0 Å². The molecule has 1 aromatic heterocycles. The Labute approximate surface area is 101 Å². The standard InChI is InChI=1S/C12H17ClN2O/c1-8(2)4-5-14-12(16)10-7-15-9(3)6-11(10)13/h6-8H,4-5H2,1-3H3,(H,14,16). The van der Waals surface area contributed by atoms with Gasteiger partial charge in [0.15, 0.2) is 0 Å². The van der Waals surface area contributed by atoms with Gasteiger partial charge in [0, 0.05) is 18.4 Å². The number of nitrogens with zero attached hydrogens (tertiary/aromatic N) is 1. The van der Waals surface area contributed by atoms with Crippen LogP contribution in [-0.4, -0.2) is 17.4 Å². The molecule has 1 N–H and O–H groups in total. The first-order chi connectivity index (χ1) is 7.50. The number of pyridine rings is 1. The van der Waals surface area contributed by atoms with Crippen LogP contribution in [0.5, 0.6) is 0 Å². The Bertz CT molecular complexity index is 377. The van der Waals surface area contributed by atoms with Gasteiger partial charge in [-0.3, -0.25) is 9.78 Å². The van der Waals surface area contributed by atoms with Gasteiger partial charge in [-0.25, -0.2) is 0 Å². The zero-order valence-corrected chi connectivity index (χ0v) is 10.6. The molecule has 3 nitrogen and oxygen atoms in total. The lowest BCUT2D eigenvalue weighted by molar-refractivity contribution is 0.0952. The number of amides is 1. The number of aromatic nitrogens is 1. The van der Waals surface area contributed by atoms with Crippen molar-refractivity contribution in [3.05, 3.63) is 28.5 Å². The highest BCUT2D eigenvalue weighted by Gasteiger charge is 2.10. The summed E-state index contributed by atoms with van der Waals surface area (Å²) in [6, 6.07) is 1.69. The van der Waals surface area contributed by atoms with Crippen molar-refractivity contribution in [2.45, 2.75) is 27.2 Å². The average molecular weight is 241 g/mol. The summed E-state index contributed by atoms with van der Waals surface area (Å²) < 4.78 is 0. The molecule has 1 amide bonds. The van der Waals surface area contributed by atoms with E-state index in [4.69, 9.17) is 11.6 Å². The van der Waals surface area contributed by atoms with Crippen LogP contribution in [0.3, 0.4) is 0 Å². The van der Waals surface area contributed by atoms with E-state index in [1.807, 2.05) is 6.92 Å². The van der Waals surface area contributed by atoms with E-state index >= 15 is 0 Å². The molecule has 0 saturated heterocycles. The molecule has 0 radical (unpaired) electrons. The molecule has 0 aliphatic rings. The third kappa shape index (κ3) is 3.81. The van der Waals surface area contributed by atoms with E-state index < -0.39 is 0 Å². The van der Waals surface area contributed by atoms with Crippen molar-refractivity contribution >= 4 is 17.5 Å². The first kappa shape index (κ1) is 13.0. The highest BCUT2D eigenvalue weighted by atomic mass is 35.5. The summed E-state index contributed by atoms with van der Waals surface area (Å²) in [6.45, 7) is 6.74. The fourth-order valence-corrected chi connectivity index (χ4v) is 1.56. The number of carbonyl (C=O) groups excluding carboxylic acids is 1. The maximum absolute atomic E-state index is 11.7. The number of rotatable bonds is 4. The van der Waals surface area contributed by atoms with Crippen molar-refractivity contribution < 1.29 is 4.79 Å². The maximum Gasteiger partial charge on any atom is 0.254 e. The summed E-state index contributed by atoms with van der Waals surface area (Å²) in [5, 5.41) is 3.28. The molecular formula is C12H17ClN2O. The van der Waals surface area contributed by atoms with Crippen molar-refractivity contribution in [1.82, 2.24) is 10.3 Å². The minimum absolute atomic E-state index is 0.154. The van der Waals surface area contributed by atoms with Crippen LogP contribution in [0.2, 0.25) is 5.02 Å². The van der Waals surface area contributed by atoms with Gasteiger partial charge in [-0.15, -0.1) is 0 Å². The minimum Gasteiger partial charge on any atom is -0.352 e. The third-order valence-corrected chi connectivity index (χ3v) is 2.55. The lowest BCUT2D eigenvalue weighted by Gasteiger charge is -2.08. The summed E-state index contributed by atoms with van der Waals surface area (Å²) in [5.41, 5.74) is 1.25. The van der Waals surface area contributed by atoms with Gasteiger partial charge in [0.2, 0.25) is 0 Å². The predicted molar refractivity (Wildman–Crippen MR) is 65.8 cm³/mol. The minimum atomic E-state index is -0.154. The van der Waals surface area contributed by atoms with Gasteiger partial charge in [-0.05, 0) is 25.3 Å². The predicted octanol–water partition coefficient (Wildman–Crippen LogP) is 2.82. The normalized spacial score (nSPS) is 10.6. The molecule has 1 aromatic rings. The van der Waals surface area contributed by atoms with E-state index in [9.17, 15) is 4.79 Å². The summed E-state index contributed by atoms with van der Waals surface area (Å²) in [6.07, 6.45) is 2.48. The third-order valence-electron chi connectivity index (χ3n) is 2.24.